The lowest BCUT2D eigenvalue weighted by Crippen LogP contribution is -2.40. The van der Waals surface area contributed by atoms with Crippen molar-refractivity contribution in [2.45, 2.75) is 56.7 Å². The molecule has 1 spiro atoms. The first-order chi connectivity index (χ1) is 14.9. The molecule has 2 aromatic heterocycles. The number of aromatic nitrogens is 4. The molecule has 1 saturated heterocycles. The van der Waals surface area contributed by atoms with Crippen LogP contribution < -0.4 is 4.74 Å². The third-order valence-electron chi connectivity index (χ3n) is 5.54. The van der Waals surface area contributed by atoms with E-state index in [0.29, 0.717) is 30.3 Å². The number of halogens is 3. The molecule has 0 radical (unpaired) electrons. The molecule has 2 aliphatic carbocycles. The highest BCUT2D eigenvalue weighted by molar-refractivity contribution is 5.63. The topological polar surface area (TPSA) is 71.3 Å². The molecule has 164 valence electrons. The van der Waals surface area contributed by atoms with Gasteiger partial charge in [0.1, 0.15) is 17.1 Å². The lowest BCUT2D eigenvalue weighted by molar-refractivity contribution is -0.153. The van der Waals surface area contributed by atoms with Crippen LogP contribution >= 0.6 is 0 Å². The van der Waals surface area contributed by atoms with E-state index in [1.807, 2.05) is 0 Å². The standard InChI is InChI=1S/C21H21F3N4O3/c22-21(23,24)13-29-17-8-15(5-4-14-2-3-14)9-25-19(17)16-10-28(27-26-16)11-18-30-12-20(31-18)6-1-7-20/h8-10,14,18H,1-3,6-7,11-13H2. The van der Waals surface area contributed by atoms with Crippen molar-refractivity contribution in [1.82, 2.24) is 20.0 Å². The average molecular weight is 434 g/mol. The number of pyridine rings is 1. The Morgan fingerprint density at radius 2 is 2.13 bits per heavy atom. The van der Waals surface area contributed by atoms with Crippen molar-refractivity contribution in [3.05, 3.63) is 24.0 Å². The number of nitrogens with zero attached hydrogens (tertiary/aromatic N) is 4. The number of ether oxygens (including phenoxy) is 3. The van der Waals surface area contributed by atoms with Gasteiger partial charge in [-0.15, -0.1) is 5.10 Å². The third-order valence-corrected chi connectivity index (χ3v) is 5.54. The van der Waals surface area contributed by atoms with Gasteiger partial charge in [0.15, 0.2) is 12.9 Å². The third kappa shape index (κ3) is 4.83. The second-order valence-corrected chi connectivity index (χ2v) is 8.24. The fourth-order valence-electron chi connectivity index (χ4n) is 3.55. The zero-order valence-corrected chi connectivity index (χ0v) is 16.7. The molecule has 5 rings (SSSR count). The Balaban J connectivity index is 1.34. The summed E-state index contributed by atoms with van der Waals surface area (Å²) in [7, 11) is 0. The van der Waals surface area contributed by atoms with Crippen molar-refractivity contribution in [1.29, 1.82) is 0 Å². The van der Waals surface area contributed by atoms with Gasteiger partial charge in [0.2, 0.25) is 0 Å². The summed E-state index contributed by atoms with van der Waals surface area (Å²) in [6.45, 7) is -0.529. The molecular formula is C21H21F3N4O3. The maximum atomic E-state index is 12.7. The molecule has 1 atom stereocenters. The molecule has 2 saturated carbocycles. The van der Waals surface area contributed by atoms with Crippen molar-refractivity contribution in [2.24, 2.45) is 5.92 Å². The number of hydrogen-bond donors (Lipinski definition) is 0. The van der Waals surface area contributed by atoms with Gasteiger partial charge in [-0.1, -0.05) is 17.1 Å². The summed E-state index contributed by atoms with van der Waals surface area (Å²) < 4.78 is 56.4. The van der Waals surface area contributed by atoms with Crippen LogP contribution in [0.25, 0.3) is 11.4 Å². The summed E-state index contributed by atoms with van der Waals surface area (Å²) in [5.41, 5.74) is 0.816. The van der Waals surface area contributed by atoms with Gasteiger partial charge in [0.25, 0.3) is 0 Å². The SMILES string of the molecule is FC(F)(F)COc1cc(C#CC2CC2)cnc1-c1cn(CC2OCC3(CCC3)O2)nn1. The van der Waals surface area contributed by atoms with Crippen LogP contribution in [-0.2, 0) is 16.0 Å². The molecule has 31 heavy (non-hydrogen) atoms. The minimum absolute atomic E-state index is 0.0336. The lowest BCUT2D eigenvalue weighted by atomic mass is 9.81. The summed E-state index contributed by atoms with van der Waals surface area (Å²) >= 11 is 0. The molecule has 7 nitrogen and oxygen atoms in total. The van der Waals surface area contributed by atoms with Crippen LogP contribution in [0.4, 0.5) is 13.2 Å². The highest BCUT2D eigenvalue weighted by atomic mass is 19.4. The largest absolute Gasteiger partial charge is 0.482 e. The first kappa shape index (κ1) is 20.3. The van der Waals surface area contributed by atoms with Crippen LogP contribution in [0.15, 0.2) is 18.5 Å². The van der Waals surface area contributed by atoms with E-state index in [9.17, 15) is 13.2 Å². The zero-order chi connectivity index (χ0) is 21.5. The fraction of sp³-hybridized carbons (Fsp3) is 0.571. The number of alkyl halides is 3. The van der Waals surface area contributed by atoms with Gasteiger partial charge in [-0.25, -0.2) is 9.67 Å². The first-order valence-corrected chi connectivity index (χ1v) is 10.3. The summed E-state index contributed by atoms with van der Waals surface area (Å²) in [6, 6.07) is 1.46. The monoisotopic (exact) mass is 434 g/mol. The second kappa shape index (κ2) is 7.80. The predicted octanol–water partition coefficient (Wildman–Crippen LogP) is 3.34. The van der Waals surface area contributed by atoms with E-state index in [1.165, 1.54) is 16.9 Å². The molecule has 0 bridgehead atoms. The van der Waals surface area contributed by atoms with Gasteiger partial charge < -0.3 is 14.2 Å². The van der Waals surface area contributed by atoms with E-state index in [2.05, 4.69) is 27.1 Å². The maximum Gasteiger partial charge on any atom is 0.422 e. The highest BCUT2D eigenvalue weighted by Crippen LogP contribution is 2.41. The summed E-state index contributed by atoms with van der Waals surface area (Å²) in [4.78, 5) is 4.27. The van der Waals surface area contributed by atoms with Crippen LogP contribution in [0.2, 0.25) is 0 Å². The molecule has 3 fully saturated rings. The maximum absolute atomic E-state index is 12.7. The number of rotatable bonds is 5. The minimum Gasteiger partial charge on any atom is -0.482 e. The van der Waals surface area contributed by atoms with Crippen LogP contribution in [-0.4, -0.2) is 51.3 Å². The van der Waals surface area contributed by atoms with Crippen molar-refractivity contribution in [3.63, 3.8) is 0 Å². The average Bonchev–Trinajstić information content (AvgIpc) is 3.24. The van der Waals surface area contributed by atoms with E-state index in [-0.39, 0.29) is 17.0 Å². The summed E-state index contributed by atoms with van der Waals surface area (Å²) in [5, 5.41) is 8.11. The van der Waals surface area contributed by atoms with Gasteiger partial charge in [-0.3, -0.25) is 0 Å². The lowest BCUT2D eigenvalue weighted by Gasteiger charge is -2.35. The second-order valence-electron chi connectivity index (χ2n) is 8.24. The zero-order valence-electron chi connectivity index (χ0n) is 16.7. The Kier molecular flexibility index (Phi) is 5.10. The molecule has 1 unspecified atom stereocenters. The molecular weight excluding hydrogens is 413 g/mol. The van der Waals surface area contributed by atoms with E-state index < -0.39 is 19.1 Å². The molecule has 2 aromatic rings. The van der Waals surface area contributed by atoms with Crippen LogP contribution in [0.5, 0.6) is 5.75 Å². The fourth-order valence-corrected chi connectivity index (χ4v) is 3.55. The minimum atomic E-state index is -4.47. The van der Waals surface area contributed by atoms with Gasteiger partial charge in [-0.05, 0) is 38.2 Å². The molecule has 0 N–H and O–H groups in total. The quantitative estimate of drug-likeness (QED) is 0.673. The molecule has 3 heterocycles. The normalized spacial score (nSPS) is 22.1. The molecule has 10 heteroatoms. The molecule has 3 aliphatic rings. The van der Waals surface area contributed by atoms with Crippen molar-refractivity contribution in [3.8, 4) is 29.0 Å². The van der Waals surface area contributed by atoms with Crippen molar-refractivity contribution in [2.75, 3.05) is 13.2 Å². The Hall–Kier alpha value is -2.64. The van der Waals surface area contributed by atoms with Crippen molar-refractivity contribution >= 4 is 0 Å². The Bertz CT molecular complexity index is 1020. The Morgan fingerprint density at radius 1 is 1.29 bits per heavy atom. The van der Waals surface area contributed by atoms with Crippen LogP contribution in [0.1, 0.15) is 37.7 Å². The molecule has 0 amide bonds. The van der Waals surface area contributed by atoms with Gasteiger partial charge >= 0.3 is 6.18 Å². The Labute approximate surface area is 176 Å². The van der Waals surface area contributed by atoms with Crippen LogP contribution in [0.3, 0.4) is 0 Å². The molecule has 0 aromatic carbocycles. The summed E-state index contributed by atoms with van der Waals surface area (Å²) in [6.07, 6.45) is 3.42. The molecule has 1 aliphatic heterocycles. The van der Waals surface area contributed by atoms with Gasteiger partial charge in [0.05, 0.1) is 24.9 Å². The van der Waals surface area contributed by atoms with Gasteiger partial charge in [0, 0.05) is 17.7 Å². The van der Waals surface area contributed by atoms with E-state index in [4.69, 9.17) is 14.2 Å². The first-order valence-electron chi connectivity index (χ1n) is 10.3. The van der Waals surface area contributed by atoms with Gasteiger partial charge in [-0.2, -0.15) is 13.2 Å². The van der Waals surface area contributed by atoms with E-state index >= 15 is 0 Å². The predicted molar refractivity (Wildman–Crippen MR) is 102 cm³/mol. The smallest absolute Gasteiger partial charge is 0.422 e. The highest BCUT2D eigenvalue weighted by Gasteiger charge is 2.46. The van der Waals surface area contributed by atoms with Crippen LogP contribution in [0, 0.1) is 17.8 Å². The summed E-state index contributed by atoms with van der Waals surface area (Å²) in [5.74, 6) is 6.34. The van der Waals surface area contributed by atoms with E-state index in [0.717, 1.165) is 32.1 Å². The number of hydrogen-bond acceptors (Lipinski definition) is 6. The van der Waals surface area contributed by atoms with Crippen molar-refractivity contribution < 1.29 is 27.4 Å². The van der Waals surface area contributed by atoms with E-state index in [1.54, 1.807) is 6.20 Å². The Morgan fingerprint density at radius 3 is 2.81 bits per heavy atom.